The first-order chi connectivity index (χ1) is 17.2. The number of carbonyl (C=O) groups is 3. The average molecular weight is 520 g/mol. The Kier molecular flexibility index (Phi) is 8.50. The van der Waals surface area contributed by atoms with Crippen molar-refractivity contribution in [1.29, 1.82) is 0 Å². The molecule has 3 amide bonds. The van der Waals surface area contributed by atoms with Crippen LogP contribution in [0.2, 0.25) is 0 Å². The summed E-state index contributed by atoms with van der Waals surface area (Å²) in [5.41, 5.74) is -0.0811. The van der Waals surface area contributed by atoms with Crippen molar-refractivity contribution in [3.8, 4) is 0 Å². The minimum atomic E-state index is -1.20. The number of fused-ring (bicyclic) bond motifs is 1. The highest BCUT2D eigenvalue weighted by Gasteiger charge is 2.36. The summed E-state index contributed by atoms with van der Waals surface area (Å²) < 4.78 is 47.7. The van der Waals surface area contributed by atoms with Crippen LogP contribution in [-0.4, -0.2) is 41.6 Å². The summed E-state index contributed by atoms with van der Waals surface area (Å²) in [5.74, 6) is -3.39. The van der Waals surface area contributed by atoms with Crippen LogP contribution >= 0.6 is 0 Å². The molecule has 10 heteroatoms. The number of alkyl carbamates (subject to hydrolysis) is 1. The molecule has 7 nitrogen and oxygen atoms in total. The number of benzene rings is 2. The lowest BCUT2D eigenvalue weighted by molar-refractivity contribution is -0.129. The van der Waals surface area contributed by atoms with Crippen LogP contribution in [0.3, 0.4) is 0 Å². The van der Waals surface area contributed by atoms with Crippen LogP contribution in [0.5, 0.6) is 0 Å². The highest BCUT2D eigenvalue weighted by Crippen LogP contribution is 2.32. The number of carbonyl (C=O) groups excluding carboxylic acids is 3. The van der Waals surface area contributed by atoms with Crippen LogP contribution in [0.15, 0.2) is 36.4 Å². The molecule has 1 heterocycles. The zero-order chi connectivity index (χ0) is 27.5. The standard InChI is InChI=1S/C27H32F3N3O4/c1-15(2)33-23-17(13-19(29)14-20(23)30)9-10-21(25(33)35)31-24(34)22(32-26(36)37-27(3,4)5)12-16-7-6-8-18(28)11-16/h6-8,11,13-15,21-22H,9-10,12H2,1-5H3,(H,31,34)(H,32,36)/t21-,22-/m1/s1. The number of ether oxygens (including phenoxy) is 1. The van der Waals surface area contributed by atoms with Gasteiger partial charge in [0.25, 0.3) is 0 Å². The number of halogens is 3. The molecule has 0 saturated carbocycles. The molecule has 200 valence electrons. The number of hydrogen-bond donors (Lipinski definition) is 2. The van der Waals surface area contributed by atoms with Gasteiger partial charge in [-0.1, -0.05) is 12.1 Å². The van der Waals surface area contributed by atoms with Gasteiger partial charge < -0.3 is 20.3 Å². The molecule has 1 aliphatic heterocycles. The van der Waals surface area contributed by atoms with Crippen molar-refractivity contribution in [2.24, 2.45) is 0 Å². The summed E-state index contributed by atoms with van der Waals surface area (Å²) in [6.45, 7) is 8.37. The maximum Gasteiger partial charge on any atom is 0.408 e. The second kappa shape index (κ2) is 11.2. The van der Waals surface area contributed by atoms with Crippen LogP contribution in [0, 0.1) is 17.5 Å². The predicted octanol–water partition coefficient (Wildman–Crippen LogP) is 4.41. The van der Waals surface area contributed by atoms with E-state index in [4.69, 9.17) is 4.74 Å². The fourth-order valence-corrected chi connectivity index (χ4v) is 4.26. The Balaban J connectivity index is 1.87. The van der Waals surface area contributed by atoms with Gasteiger partial charge in [-0.05, 0) is 76.8 Å². The third-order valence-corrected chi connectivity index (χ3v) is 5.76. The third kappa shape index (κ3) is 7.24. The largest absolute Gasteiger partial charge is 0.444 e. The zero-order valence-electron chi connectivity index (χ0n) is 21.5. The van der Waals surface area contributed by atoms with Gasteiger partial charge in [0.15, 0.2) is 0 Å². The van der Waals surface area contributed by atoms with Gasteiger partial charge in [0.2, 0.25) is 11.8 Å². The minimum Gasteiger partial charge on any atom is -0.444 e. The molecule has 2 aromatic carbocycles. The number of hydrogen-bond acceptors (Lipinski definition) is 4. The maximum absolute atomic E-state index is 14.8. The van der Waals surface area contributed by atoms with E-state index in [0.29, 0.717) is 11.1 Å². The van der Waals surface area contributed by atoms with E-state index < -0.39 is 59.1 Å². The van der Waals surface area contributed by atoms with Gasteiger partial charge in [0, 0.05) is 18.5 Å². The molecule has 0 radical (unpaired) electrons. The van der Waals surface area contributed by atoms with Crippen LogP contribution < -0.4 is 15.5 Å². The maximum atomic E-state index is 14.8. The van der Waals surface area contributed by atoms with E-state index in [1.807, 2.05) is 0 Å². The molecule has 0 unspecified atom stereocenters. The summed E-state index contributed by atoms with van der Waals surface area (Å²) >= 11 is 0. The molecule has 0 saturated heterocycles. The molecule has 2 N–H and O–H groups in total. The normalized spacial score (nSPS) is 16.6. The van der Waals surface area contributed by atoms with E-state index in [1.165, 1.54) is 29.2 Å². The van der Waals surface area contributed by atoms with Gasteiger partial charge in [-0.2, -0.15) is 0 Å². The molecule has 0 bridgehead atoms. The highest BCUT2D eigenvalue weighted by molar-refractivity contribution is 6.01. The third-order valence-electron chi connectivity index (χ3n) is 5.76. The van der Waals surface area contributed by atoms with Crippen LogP contribution in [-0.2, 0) is 27.2 Å². The van der Waals surface area contributed by atoms with Crippen LogP contribution in [0.1, 0.15) is 52.2 Å². The number of nitrogens with zero attached hydrogens (tertiary/aromatic N) is 1. The van der Waals surface area contributed by atoms with Gasteiger partial charge in [-0.3, -0.25) is 9.59 Å². The molecular weight excluding hydrogens is 487 g/mol. The average Bonchev–Trinajstić information content (AvgIpc) is 2.89. The summed E-state index contributed by atoms with van der Waals surface area (Å²) in [7, 11) is 0. The van der Waals surface area contributed by atoms with Gasteiger partial charge in [-0.25, -0.2) is 18.0 Å². The van der Waals surface area contributed by atoms with Crippen molar-refractivity contribution >= 4 is 23.6 Å². The highest BCUT2D eigenvalue weighted by atomic mass is 19.1. The molecule has 2 atom stereocenters. The molecule has 0 spiro atoms. The molecule has 3 rings (SSSR count). The Morgan fingerprint density at radius 1 is 1.11 bits per heavy atom. The van der Waals surface area contributed by atoms with E-state index in [9.17, 15) is 27.6 Å². The Morgan fingerprint density at radius 2 is 1.81 bits per heavy atom. The Morgan fingerprint density at radius 3 is 2.43 bits per heavy atom. The van der Waals surface area contributed by atoms with E-state index >= 15 is 0 Å². The van der Waals surface area contributed by atoms with E-state index in [1.54, 1.807) is 40.7 Å². The SMILES string of the molecule is CC(C)N1C(=O)[C@H](NC(=O)[C@@H](Cc2cccc(F)c2)NC(=O)OC(C)(C)C)CCc2cc(F)cc(F)c21. The predicted molar refractivity (Wildman–Crippen MR) is 132 cm³/mol. The second-order valence-corrected chi connectivity index (χ2v) is 10.3. The molecule has 0 fully saturated rings. The molecule has 0 aromatic heterocycles. The second-order valence-electron chi connectivity index (χ2n) is 10.3. The first-order valence-corrected chi connectivity index (χ1v) is 12.1. The Bertz CT molecular complexity index is 1180. The van der Waals surface area contributed by atoms with Crippen molar-refractivity contribution in [1.82, 2.24) is 10.6 Å². The number of rotatable bonds is 6. The van der Waals surface area contributed by atoms with Gasteiger partial charge >= 0.3 is 6.09 Å². The zero-order valence-corrected chi connectivity index (χ0v) is 21.5. The Hall–Kier alpha value is -3.56. The molecule has 1 aliphatic rings. The summed E-state index contributed by atoms with van der Waals surface area (Å²) in [6.07, 6.45) is -0.705. The number of anilines is 1. The van der Waals surface area contributed by atoms with Crippen molar-refractivity contribution in [2.75, 3.05) is 4.90 Å². The quantitative estimate of drug-likeness (QED) is 0.592. The topological polar surface area (TPSA) is 87.7 Å². The molecule has 2 aromatic rings. The van der Waals surface area contributed by atoms with Crippen molar-refractivity contribution in [2.45, 2.75) is 77.6 Å². The molecule has 37 heavy (non-hydrogen) atoms. The molecular formula is C27H32F3N3O4. The lowest BCUT2D eigenvalue weighted by atomic mass is 10.0. The lowest BCUT2D eigenvalue weighted by Crippen LogP contribution is -2.56. The van der Waals surface area contributed by atoms with E-state index in [-0.39, 0.29) is 24.9 Å². The fraction of sp³-hybridized carbons (Fsp3) is 0.444. The molecule has 0 aliphatic carbocycles. The lowest BCUT2D eigenvalue weighted by Gasteiger charge is -2.30. The first kappa shape index (κ1) is 28.0. The minimum absolute atomic E-state index is 0.0126. The summed E-state index contributed by atoms with van der Waals surface area (Å²) in [6, 6.07) is 4.73. The van der Waals surface area contributed by atoms with Crippen molar-refractivity contribution < 1.29 is 32.3 Å². The summed E-state index contributed by atoms with van der Waals surface area (Å²) in [4.78, 5) is 40.5. The van der Waals surface area contributed by atoms with Gasteiger partial charge in [0.1, 0.15) is 35.1 Å². The fourth-order valence-electron chi connectivity index (χ4n) is 4.26. The van der Waals surface area contributed by atoms with Crippen LogP contribution in [0.4, 0.5) is 23.7 Å². The number of aryl methyl sites for hydroxylation is 1. The summed E-state index contributed by atoms with van der Waals surface area (Å²) in [5, 5.41) is 5.15. The smallest absolute Gasteiger partial charge is 0.408 e. The van der Waals surface area contributed by atoms with Gasteiger partial charge in [0.05, 0.1) is 5.69 Å². The van der Waals surface area contributed by atoms with E-state index in [0.717, 1.165) is 6.07 Å². The van der Waals surface area contributed by atoms with Crippen molar-refractivity contribution in [3.05, 3.63) is 65.0 Å². The number of nitrogens with one attached hydrogen (secondary N) is 2. The monoisotopic (exact) mass is 519 g/mol. The Labute approximate surface area is 214 Å². The first-order valence-electron chi connectivity index (χ1n) is 12.1. The van der Waals surface area contributed by atoms with Crippen molar-refractivity contribution in [3.63, 3.8) is 0 Å². The number of amides is 3. The van der Waals surface area contributed by atoms with E-state index in [2.05, 4.69) is 10.6 Å². The van der Waals surface area contributed by atoms with Crippen LogP contribution in [0.25, 0.3) is 0 Å². The van der Waals surface area contributed by atoms with Gasteiger partial charge in [-0.15, -0.1) is 0 Å².